The summed E-state index contributed by atoms with van der Waals surface area (Å²) in [6, 6.07) is 8.35. The molecule has 6 heteroatoms. The van der Waals surface area contributed by atoms with Crippen LogP contribution < -0.4 is 15.2 Å². The number of halogens is 1. The zero-order chi connectivity index (χ0) is 15.7. The van der Waals surface area contributed by atoms with Crippen molar-refractivity contribution in [2.75, 3.05) is 18.6 Å². The van der Waals surface area contributed by atoms with Crippen molar-refractivity contribution in [1.82, 2.24) is 9.78 Å². The average Bonchev–Trinajstić information content (AvgIpc) is 3.02. The van der Waals surface area contributed by atoms with Gasteiger partial charge in [0.15, 0.2) is 0 Å². The lowest BCUT2D eigenvalue weighted by molar-refractivity contribution is 0.414. The van der Waals surface area contributed by atoms with Gasteiger partial charge in [0.1, 0.15) is 10.2 Å². The van der Waals surface area contributed by atoms with Gasteiger partial charge in [-0.05, 0) is 46.5 Å². The van der Waals surface area contributed by atoms with Gasteiger partial charge in [-0.1, -0.05) is 12.1 Å². The van der Waals surface area contributed by atoms with Gasteiger partial charge in [-0.2, -0.15) is 5.10 Å². The first-order valence-electron chi connectivity index (χ1n) is 7.24. The normalized spacial score (nSPS) is 17.8. The van der Waals surface area contributed by atoms with Gasteiger partial charge < -0.3 is 9.64 Å². The Hall–Kier alpha value is -1.82. The SMILES string of the molecule is COc1cccc(C2CCCN2c2cnn(C)c(=O)c2Br)c1. The van der Waals surface area contributed by atoms with Gasteiger partial charge in [-0.25, -0.2) is 4.68 Å². The molecule has 0 saturated carbocycles. The van der Waals surface area contributed by atoms with E-state index in [1.807, 2.05) is 12.1 Å². The van der Waals surface area contributed by atoms with E-state index in [0.717, 1.165) is 30.8 Å². The summed E-state index contributed by atoms with van der Waals surface area (Å²) in [7, 11) is 3.33. The third-order valence-corrected chi connectivity index (χ3v) is 4.85. The predicted octanol–water partition coefficient (Wildman–Crippen LogP) is 2.89. The molecule has 0 amide bonds. The molecule has 1 aromatic carbocycles. The number of anilines is 1. The van der Waals surface area contributed by atoms with Gasteiger partial charge in [-0.3, -0.25) is 4.79 Å². The lowest BCUT2D eigenvalue weighted by Gasteiger charge is -2.27. The number of aromatic nitrogens is 2. The summed E-state index contributed by atoms with van der Waals surface area (Å²) in [5.74, 6) is 0.852. The molecule has 1 atom stereocenters. The lowest BCUT2D eigenvalue weighted by Crippen LogP contribution is -2.28. The molecule has 2 aromatic rings. The minimum absolute atomic E-state index is 0.117. The average molecular weight is 364 g/mol. The molecule has 1 unspecified atom stereocenters. The van der Waals surface area contributed by atoms with Crippen molar-refractivity contribution in [2.45, 2.75) is 18.9 Å². The lowest BCUT2D eigenvalue weighted by atomic mass is 10.0. The highest BCUT2D eigenvalue weighted by Crippen LogP contribution is 2.38. The highest BCUT2D eigenvalue weighted by atomic mass is 79.9. The van der Waals surface area contributed by atoms with E-state index in [9.17, 15) is 4.79 Å². The maximum atomic E-state index is 12.1. The fourth-order valence-corrected chi connectivity index (χ4v) is 3.54. The van der Waals surface area contributed by atoms with Crippen molar-refractivity contribution in [3.63, 3.8) is 0 Å². The van der Waals surface area contributed by atoms with Crippen LogP contribution in [0.4, 0.5) is 5.69 Å². The molecule has 1 aromatic heterocycles. The van der Waals surface area contributed by atoms with Crippen molar-refractivity contribution in [1.29, 1.82) is 0 Å². The molecule has 0 radical (unpaired) electrons. The van der Waals surface area contributed by atoms with Crippen LogP contribution in [0.15, 0.2) is 39.7 Å². The van der Waals surface area contributed by atoms with E-state index in [1.165, 1.54) is 10.2 Å². The Morgan fingerprint density at radius 3 is 3.00 bits per heavy atom. The second-order valence-electron chi connectivity index (χ2n) is 5.40. The Labute approximate surface area is 137 Å². The molecule has 3 rings (SSSR count). The standard InChI is InChI=1S/C16H18BrN3O2/c1-19-16(21)15(17)14(10-18-19)20-8-4-7-13(20)11-5-3-6-12(9-11)22-2/h3,5-6,9-10,13H,4,7-8H2,1-2H3. The number of nitrogens with zero attached hydrogens (tertiary/aromatic N) is 3. The molecule has 1 aliphatic rings. The quantitative estimate of drug-likeness (QED) is 0.840. The summed E-state index contributed by atoms with van der Waals surface area (Å²) in [4.78, 5) is 14.3. The Morgan fingerprint density at radius 2 is 2.23 bits per heavy atom. The predicted molar refractivity (Wildman–Crippen MR) is 89.5 cm³/mol. The number of hydrogen-bond acceptors (Lipinski definition) is 4. The van der Waals surface area contributed by atoms with Crippen molar-refractivity contribution in [3.8, 4) is 5.75 Å². The summed E-state index contributed by atoms with van der Waals surface area (Å²) in [5, 5.41) is 4.15. The zero-order valence-corrected chi connectivity index (χ0v) is 14.2. The summed E-state index contributed by atoms with van der Waals surface area (Å²) in [6.07, 6.45) is 3.89. The van der Waals surface area contributed by atoms with Crippen LogP contribution in [0.5, 0.6) is 5.75 Å². The molecule has 1 saturated heterocycles. The van der Waals surface area contributed by atoms with Gasteiger partial charge in [-0.15, -0.1) is 0 Å². The van der Waals surface area contributed by atoms with E-state index in [2.05, 4.69) is 38.1 Å². The Balaban J connectivity index is 2.00. The molecular weight excluding hydrogens is 346 g/mol. The number of ether oxygens (including phenoxy) is 1. The molecular formula is C16H18BrN3O2. The largest absolute Gasteiger partial charge is 0.497 e. The molecule has 0 aliphatic carbocycles. The summed E-state index contributed by atoms with van der Waals surface area (Å²) >= 11 is 3.43. The van der Waals surface area contributed by atoms with Gasteiger partial charge >= 0.3 is 0 Å². The summed E-state index contributed by atoms with van der Waals surface area (Å²) < 4.78 is 7.23. The van der Waals surface area contributed by atoms with Crippen LogP contribution in [-0.4, -0.2) is 23.4 Å². The van der Waals surface area contributed by atoms with Gasteiger partial charge in [0.05, 0.1) is 25.0 Å². The Morgan fingerprint density at radius 1 is 1.41 bits per heavy atom. The van der Waals surface area contributed by atoms with E-state index >= 15 is 0 Å². The second kappa shape index (κ2) is 6.12. The minimum atomic E-state index is -0.117. The van der Waals surface area contributed by atoms with Crippen LogP contribution in [-0.2, 0) is 7.05 Å². The summed E-state index contributed by atoms with van der Waals surface area (Å²) in [5.41, 5.74) is 1.94. The molecule has 5 nitrogen and oxygen atoms in total. The summed E-state index contributed by atoms with van der Waals surface area (Å²) in [6.45, 7) is 0.912. The van der Waals surface area contributed by atoms with Gasteiger partial charge in [0, 0.05) is 13.6 Å². The first kappa shape index (κ1) is 15.1. The fourth-order valence-electron chi connectivity index (χ4n) is 2.95. The molecule has 1 fully saturated rings. The topological polar surface area (TPSA) is 47.4 Å². The first-order valence-corrected chi connectivity index (χ1v) is 8.03. The minimum Gasteiger partial charge on any atom is -0.497 e. The van der Waals surface area contributed by atoms with Crippen molar-refractivity contribution >= 4 is 21.6 Å². The van der Waals surface area contributed by atoms with Crippen LogP contribution >= 0.6 is 15.9 Å². The molecule has 2 heterocycles. The van der Waals surface area contributed by atoms with E-state index in [1.54, 1.807) is 20.4 Å². The second-order valence-corrected chi connectivity index (χ2v) is 6.19. The maximum Gasteiger partial charge on any atom is 0.282 e. The number of hydrogen-bond donors (Lipinski definition) is 0. The molecule has 0 spiro atoms. The van der Waals surface area contributed by atoms with Crippen LogP contribution in [0.3, 0.4) is 0 Å². The van der Waals surface area contributed by atoms with Gasteiger partial charge in [0.25, 0.3) is 5.56 Å². The zero-order valence-electron chi connectivity index (χ0n) is 12.6. The smallest absolute Gasteiger partial charge is 0.282 e. The third kappa shape index (κ3) is 2.63. The molecule has 0 N–H and O–H groups in total. The van der Waals surface area contributed by atoms with Crippen molar-refractivity contribution in [2.24, 2.45) is 7.05 Å². The monoisotopic (exact) mass is 363 g/mol. The van der Waals surface area contributed by atoms with Crippen LogP contribution in [0, 0.1) is 0 Å². The third-order valence-electron chi connectivity index (χ3n) is 4.10. The van der Waals surface area contributed by atoms with E-state index in [0.29, 0.717) is 4.47 Å². The van der Waals surface area contributed by atoms with E-state index in [4.69, 9.17) is 4.74 Å². The Bertz CT molecular complexity index is 744. The number of rotatable bonds is 3. The molecule has 0 bridgehead atoms. The first-order chi connectivity index (χ1) is 10.6. The van der Waals surface area contributed by atoms with Crippen LogP contribution in [0.25, 0.3) is 0 Å². The molecule has 116 valence electrons. The van der Waals surface area contributed by atoms with Crippen molar-refractivity contribution < 1.29 is 4.74 Å². The molecule has 1 aliphatic heterocycles. The number of methoxy groups -OCH3 is 1. The van der Waals surface area contributed by atoms with Gasteiger partial charge in [0.2, 0.25) is 0 Å². The van der Waals surface area contributed by atoms with E-state index < -0.39 is 0 Å². The maximum absolute atomic E-state index is 12.1. The fraction of sp³-hybridized carbons (Fsp3) is 0.375. The molecule has 22 heavy (non-hydrogen) atoms. The highest BCUT2D eigenvalue weighted by molar-refractivity contribution is 9.10. The van der Waals surface area contributed by atoms with Crippen LogP contribution in [0.1, 0.15) is 24.4 Å². The van der Waals surface area contributed by atoms with Crippen LogP contribution in [0.2, 0.25) is 0 Å². The highest BCUT2D eigenvalue weighted by Gasteiger charge is 2.28. The van der Waals surface area contributed by atoms with E-state index in [-0.39, 0.29) is 11.6 Å². The number of benzene rings is 1. The number of aryl methyl sites for hydroxylation is 1. The van der Waals surface area contributed by atoms with Crippen molar-refractivity contribution in [3.05, 3.63) is 50.9 Å². The Kier molecular flexibility index (Phi) is 4.20.